The lowest BCUT2D eigenvalue weighted by atomic mass is 9.93. The average molecular weight is 282 g/mol. The SMILES string of the molecule is O=C(O)C1CCCCCN1C(=O)CCC1CCNCC1. The molecule has 1 unspecified atom stereocenters. The van der Waals surface area contributed by atoms with Gasteiger partial charge >= 0.3 is 5.97 Å². The molecule has 0 aromatic carbocycles. The van der Waals surface area contributed by atoms with E-state index >= 15 is 0 Å². The number of carboxylic acids is 1. The van der Waals surface area contributed by atoms with E-state index in [2.05, 4.69) is 5.32 Å². The molecule has 114 valence electrons. The zero-order valence-corrected chi connectivity index (χ0v) is 12.1. The van der Waals surface area contributed by atoms with Crippen LogP contribution in [-0.4, -0.2) is 47.6 Å². The largest absolute Gasteiger partial charge is 0.480 e. The Labute approximate surface area is 120 Å². The van der Waals surface area contributed by atoms with Crippen molar-refractivity contribution in [1.29, 1.82) is 0 Å². The maximum atomic E-state index is 12.4. The van der Waals surface area contributed by atoms with Crippen LogP contribution < -0.4 is 5.32 Å². The van der Waals surface area contributed by atoms with Crippen molar-refractivity contribution in [2.75, 3.05) is 19.6 Å². The van der Waals surface area contributed by atoms with E-state index in [0.29, 0.717) is 25.3 Å². The van der Waals surface area contributed by atoms with Gasteiger partial charge in [0.1, 0.15) is 6.04 Å². The maximum Gasteiger partial charge on any atom is 0.326 e. The Hall–Kier alpha value is -1.10. The summed E-state index contributed by atoms with van der Waals surface area (Å²) in [7, 11) is 0. The molecule has 5 heteroatoms. The number of aliphatic carboxylic acids is 1. The molecular weight excluding hydrogens is 256 g/mol. The summed E-state index contributed by atoms with van der Waals surface area (Å²) in [5, 5.41) is 12.6. The second-order valence-electron chi connectivity index (χ2n) is 6.02. The molecule has 2 aliphatic heterocycles. The van der Waals surface area contributed by atoms with Crippen LogP contribution in [0.15, 0.2) is 0 Å². The molecule has 1 atom stereocenters. The van der Waals surface area contributed by atoms with Crippen LogP contribution in [0.25, 0.3) is 0 Å². The van der Waals surface area contributed by atoms with Crippen molar-refractivity contribution >= 4 is 11.9 Å². The molecule has 2 fully saturated rings. The van der Waals surface area contributed by atoms with Crippen LogP contribution >= 0.6 is 0 Å². The molecule has 2 rings (SSSR count). The summed E-state index contributed by atoms with van der Waals surface area (Å²) < 4.78 is 0. The third kappa shape index (κ3) is 4.20. The molecule has 0 aliphatic carbocycles. The van der Waals surface area contributed by atoms with Gasteiger partial charge in [-0.25, -0.2) is 4.79 Å². The topological polar surface area (TPSA) is 69.6 Å². The minimum Gasteiger partial charge on any atom is -0.480 e. The van der Waals surface area contributed by atoms with Crippen molar-refractivity contribution in [3.8, 4) is 0 Å². The number of carbonyl (C=O) groups is 2. The Morgan fingerprint density at radius 2 is 1.85 bits per heavy atom. The van der Waals surface area contributed by atoms with E-state index in [1.807, 2.05) is 0 Å². The smallest absolute Gasteiger partial charge is 0.326 e. The maximum absolute atomic E-state index is 12.4. The third-order valence-corrected chi connectivity index (χ3v) is 4.58. The first-order valence-corrected chi connectivity index (χ1v) is 7.91. The van der Waals surface area contributed by atoms with Crippen molar-refractivity contribution in [3.05, 3.63) is 0 Å². The standard InChI is InChI=1S/C15H26N2O3/c18-14(6-5-12-7-9-16-10-8-12)17-11-3-1-2-4-13(17)15(19)20/h12-13,16H,1-11H2,(H,19,20). The van der Waals surface area contributed by atoms with Gasteiger partial charge in [0, 0.05) is 13.0 Å². The number of hydrogen-bond donors (Lipinski definition) is 2. The van der Waals surface area contributed by atoms with Gasteiger partial charge in [-0.2, -0.15) is 0 Å². The predicted octanol–water partition coefficient (Wildman–Crippen LogP) is 1.62. The van der Waals surface area contributed by atoms with Crippen LogP contribution in [0.5, 0.6) is 0 Å². The first-order chi connectivity index (χ1) is 9.68. The Bertz CT molecular complexity index is 340. The number of nitrogens with one attached hydrogen (secondary N) is 1. The quantitative estimate of drug-likeness (QED) is 0.822. The predicted molar refractivity (Wildman–Crippen MR) is 76.4 cm³/mol. The van der Waals surface area contributed by atoms with Crippen molar-refractivity contribution in [2.45, 2.75) is 57.4 Å². The molecule has 0 bridgehead atoms. The number of hydrogen-bond acceptors (Lipinski definition) is 3. The van der Waals surface area contributed by atoms with Gasteiger partial charge in [-0.3, -0.25) is 4.79 Å². The van der Waals surface area contributed by atoms with Gasteiger partial charge < -0.3 is 15.3 Å². The highest BCUT2D eigenvalue weighted by Crippen LogP contribution is 2.22. The first kappa shape index (κ1) is 15.3. The lowest BCUT2D eigenvalue weighted by Crippen LogP contribution is -2.44. The minimum absolute atomic E-state index is 0.0397. The number of piperidine rings is 1. The molecular formula is C15H26N2O3. The summed E-state index contributed by atoms with van der Waals surface area (Å²) in [6, 6.07) is -0.599. The second kappa shape index (κ2) is 7.62. The van der Waals surface area contributed by atoms with Crippen molar-refractivity contribution in [2.24, 2.45) is 5.92 Å². The molecule has 2 saturated heterocycles. The van der Waals surface area contributed by atoms with E-state index in [0.717, 1.165) is 51.6 Å². The molecule has 0 saturated carbocycles. The van der Waals surface area contributed by atoms with Gasteiger partial charge in [0.05, 0.1) is 0 Å². The summed E-state index contributed by atoms with van der Waals surface area (Å²) >= 11 is 0. The normalized spacial score (nSPS) is 25.2. The lowest BCUT2D eigenvalue weighted by Gasteiger charge is -2.28. The number of rotatable bonds is 4. The van der Waals surface area contributed by atoms with Crippen molar-refractivity contribution < 1.29 is 14.7 Å². The van der Waals surface area contributed by atoms with Crippen LogP contribution in [0.2, 0.25) is 0 Å². The van der Waals surface area contributed by atoms with Gasteiger partial charge in [-0.1, -0.05) is 12.8 Å². The van der Waals surface area contributed by atoms with Crippen LogP contribution in [0, 0.1) is 5.92 Å². The van der Waals surface area contributed by atoms with Crippen LogP contribution in [0.1, 0.15) is 51.4 Å². The molecule has 2 aliphatic rings. The Morgan fingerprint density at radius 3 is 2.55 bits per heavy atom. The van der Waals surface area contributed by atoms with Gasteiger partial charge in [-0.15, -0.1) is 0 Å². The molecule has 0 aromatic rings. The Kier molecular flexibility index (Phi) is 5.83. The van der Waals surface area contributed by atoms with Crippen molar-refractivity contribution in [1.82, 2.24) is 10.2 Å². The van der Waals surface area contributed by atoms with Crippen LogP contribution in [-0.2, 0) is 9.59 Å². The fourth-order valence-corrected chi connectivity index (χ4v) is 3.31. The zero-order valence-electron chi connectivity index (χ0n) is 12.1. The fourth-order valence-electron chi connectivity index (χ4n) is 3.31. The molecule has 0 aromatic heterocycles. The molecule has 5 nitrogen and oxygen atoms in total. The van der Waals surface area contributed by atoms with Gasteiger partial charge in [-0.05, 0) is 51.1 Å². The third-order valence-electron chi connectivity index (χ3n) is 4.58. The van der Waals surface area contributed by atoms with Gasteiger partial charge in [0.15, 0.2) is 0 Å². The fraction of sp³-hybridized carbons (Fsp3) is 0.867. The van der Waals surface area contributed by atoms with Crippen LogP contribution in [0.4, 0.5) is 0 Å². The molecule has 2 heterocycles. The molecule has 0 radical (unpaired) electrons. The van der Waals surface area contributed by atoms with Gasteiger partial charge in [0.25, 0.3) is 0 Å². The number of amides is 1. The Morgan fingerprint density at radius 1 is 1.10 bits per heavy atom. The Balaban J connectivity index is 1.86. The van der Waals surface area contributed by atoms with E-state index in [1.54, 1.807) is 4.90 Å². The molecule has 1 amide bonds. The second-order valence-corrected chi connectivity index (χ2v) is 6.02. The van der Waals surface area contributed by atoms with E-state index in [-0.39, 0.29) is 5.91 Å². The number of nitrogens with zero attached hydrogens (tertiary/aromatic N) is 1. The summed E-state index contributed by atoms with van der Waals surface area (Å²) in [6.07, 6.45) is 7.16. The highest BCUT2D eigenvalue weighted by atomic mass is 16.4. The summed E-state index contributed by atoms with van der Waals surface area (Å²) in [5.74, 6) is -0.185. The van der Waals surface area contributed by atoms with E-state index in [1.165, 1.54) is 0 Å². The highest BCUT2D eigenvalue weighted by Gasteiger charge is 2.30. The highest BCUT2D eigenvalue weighted by molar-refractivity contribution is 5.83. The van der Waals surface area contributed by atoms with E-state index < -0.39 is 12.0 Å². The van der Waals surface area contributed by atoms with E-state index in [4.69, 9.17) is 0 Å². The number of carbonyl (C=O) groups excluding carboxylic acids is 1. The first-order valence-electron chi connectivity index (χ1n) is 7.91. The average Bonchev–Trinajstić information content (AvgIpc) is 2.71. The van der Waals surface area contributed by atoms with E-state index in [9.17, 15) is 14.7 Å². The monoisotopic (exact) mass is 282 g/mol. The summed E-state index contributed by atoms with van der Waals surface area (Å²) in [4.78, 5) is 25.3. The summed E-state index contributed by atoms with van der Waals surface area (Å²) in [6.45, 7) is 2.70. The minimum atomic E-state index is -0.845. The molecule has 2 N–H and O–H groups in total. The van der Waals surface area contributed by atoms with Crippen molar-refractivity contribution in [3.63, 3.8) is 0 Å². The van der Waals surface area contributed by atoms with Gasteiger partial charge in [0.2, 0.25) is 5.91 Å². The summed E-state index contributed by atoms with van der Waals surface area (Å²) in [5.41, 5.74) is 0. The number of likely N-dealkylation sites (tertiary alicyclic amines) is 1. The molecule has 20 heavy (non-hydrogen) atoms. The van der Waals surface area contributed by atoms with Crippen LogP contribution in [0.3, 0.4) is 0 Å². The zero-order chi connectivity index (χ0) is 14.4. The molecule has 0 spiro atoms. The lowest BCUT2D eigenvalue weighted by molar-refractivity contribution is -0.150. The number of carboxylic acid groups (broad SMARTS) is 1.